The smallest absolute Gasteiger partial charge is 0.222 e. The summed E-state index contributed by atoms with van der Waals surface area (Å²) in [6.45, 7) is 4.92. The fourth-order valence-electron chi connectivity index (χ4n) is 2.85. The van der Waals surface area contributed by atoms with Crippen LogP contribution in [0.5, 0.6) is 0 Å². The first-order valence-corrected chi connectivity index (χ1v) is 7.94. The molecule has 140 valence electrons. The molecule has 0 aromatic carbocycles. The van der Waals surface area contributed by atoms with Gasteiger partial charge in [-0.15, -0.1) is 24.8 Å². The van der Waals surface area contributed by atoms with Crippen molar-refractivity contribution in [3.05, 3.63) is 23.7 Å². The summed E-state index contributed by atoms with van der Waals surface area (Å²) < 4.78 is 10.9. The Hall–Kier alpha value is -0.790. The molecular weight excluding hydrogens is 353 g/mol. The van der Waals surface area contributed by atoms with Crippen LogP contribution in [0.1, 0.15) is 36.8 Å². The normalized spacial score (nSPS) is 16.8. The lowest BCUT2D eigenvalue weighted by molar-refractivity contribution is -0.123. The van der Waals surface area contributed by atoms with Crippen molar-refractivity contribution in [1.82, 2.24) is 10.2 Å². The summed E-state index contributed by atoms with van der Waals surface area (Å²) in [5, 5.41) is 2.99. The number of carbonyl (C=O) groups excluding carboxylic acids is 1. The number of methoxy groups -OCH3 is 1. The molecule has 0 bridgehead atoms. The zero-order chi connectivity index (χ0) is 15.9. The Morgan fingerprint density at radius 1 is 1.38 bits per heavy atom. The van der Waals surface area contributed by atoms with Crippen molar-refractivity contribution in [1.29, 1.82) is 0 Å². The average molecular weight is 382 g/mol. The van der Waals surface area contributed by atoms with E-state index in [-0.39, 0.29) is 49.3 Å². The van der Waals surface area contributed by atoms with Gasteiger partial charge in [0, 0.05) is 20.2 Å². The highest BCUT2D eigenvalue weighted by molar-refractivity contribution is 5.85. The third-order valence-electron chi connectivity index (χ3n) is 4.17. The molecule has 6 nitrogen and oxygen atoms in total. The van der Waals surface area contributed by atoms with Crippen LogP contribution in [0.2, 0.25) is 0 Å². The maximum atomic E-state index is 12.0. The second-order valence-corrected chi connectivity index (χ2v) is 5.81. The summed E-state index contributed by atoms with van der Waals surface area (Å²) in [6.07, 6.45) is 2.46. The Morgan fingerprint density at radius 3 is 2.54 bits per heavy atom. The van der Waals surface area contributed by atoms with E-state index in [2.05, 4.69) is 10.2 Å². The van der Waals surface area contributed by atoms with Crippen molar-refractivity contribution in [3.8, 4) is 0 Å². The molecular formula is C16H29Cl2N3O3. The van der Waals surface area contributed by atoms with E-state index < -0.39 is 0 Å². The SMILES string of the molecule is COC(CN)CC(=O)NCC(c1ccc(C)o1)N1CCCC1.Cl.Cl. The lowest BCUT2D eigenvalue weighted by Crippen LogP contribution is -2.38. The number of rotatable bonds is 8. The Kier molecular flexibility index (Phi) is 11.3. The minimum Gasteiger partial charge on any atom is -0.465 e. The summed E-state index contributed by atoms with van der Waals surface area (Å²) in [5.74, 6) is 1.78. The van der Waals surface area contributed by atoms with Gasteiger partial charge in [0.2, 0.25) is 5.91 Å². The molecule has 1 aromatic heterocycles. The molecule has 2 heterocycles. The largest absolute Gasteiger partial charge is 0.465 e. The molecule has 1 amide bonds. The molecule has 1 aliphatic rings. The van der Waals surface area contributed by atoms with E-state index in [9.17, 15) is 4.79 Å². The van der Waals surface area contributed by atoms with Crippen LogP contribution in [0.3, 0.4) is 0 Å². The van der Waals surface area contributed by atoms with Gasteiger partial charge in [-0.3, -0.25) is 9.69 Å². The number of amides is 1. The van der Waals surface area contributed by atoms with Crippen molar-refractivity contribution >= 4 is 30.7 Å². The van der Waals surface area contributed by atoms with Gasteiger partial charge in [-0.1, -0.05) is 0 Å². The summed E-state index contributed by atoms with van der Waals surface area (Å²) in [7, 11) is 1.57. The number of ether oxygens (including phenoxy) is 1. The zero-order valence-corrected chi connectivity index (χ0v) is 16.0. The summed E-state index contributed by atoms with van der Waals surface area (Å²) in [6, 6.07) is 4.07. The molecule has 1 fully saturated rings. The molecule has 2 atom stereocenters. The van der Waals surface area contributed by atoms with E-state index in [0.29, 0.717) is 13.1 Å². The summed E-state index contributed by atoms with van der Waals surface area (Å²) >= 11 is 0. The molecule has 1 aliphatic heterocycles. The van der Waals surface area contributed by atoms with Gasteiger partial charge in [-0.2, -0.15) is 0 Å². The third kappa shape index (κ3) is 6.61. The topological polar surface area (TPSA) is 80.7 Å². The van der Waals surface area contributed by atoms with E-state index >= 15 is 0 Å². The first-order chi connectivity index (χ1) is 10.6. The highest BCUT2D eigenvalue weighted by Gasteiger charge is 2.26. The zero-order valence-electron chi connectivity index (χ0n) is 14.3. The van der Waals surface area contributed by atoms with E-state index in [4.69, 9.17) is 14.9 Å². The minimum absolute atomic E-state index is 0. The van der Waals surface area contributed by atoms with Gasteiger partial charge < -0.3 is 20.2 Å². The van der Waals surface area contributed by atoms with Gasteiger partial charge in [0.25, 0.3) is 0 Å². The van der Waals surface area contributed by atoms with Crippen LogP contribution in [0.15, 0.2) is 16.5 Å². The molecule has 3 N–H and O–H groups in total. The third-order valence-corrected chi connectivity index (χ3v) is 4.17. The summed E-state index contributed by atoms with van der Waals surface area (Å²) in [5.41, 5.74) is 5.55. The molecule has 2 unspecified atom stereocenters. The predicted octanol–water partition coefficient (Wildman–Crippen LogP) is 2.05. The fourth-order valence-corrected chi connectivity index (χ4v) is 2.85. The van der Waals surface area contributed by atoms with E-state index in [1.807, 2.05) is 19.1 Å². The lowest BCUT2D eigenvalue weighted by atomic mass is 10.2. The van der Waals surface area contributed by atoms with Crippen LogP contribution in [0.25, 0.3) is 0 Å². The first kappa shape index (κ1) is 23.2. The molecule has 0 radical (unpaired) electrons. The van der Waals surface area contributed by atoms with Crippen LogP contribution in [0.4, 0.5) is 0 Å². The predicted molar refractivity (Wildman–Crippen MR) is 99.0 cm³/mol. The van der Waals surface area contributed by atoms with Gasteiger partial charge in [-0.05, 0) is 45.0 Å². The Morgan fingerprint density at radius 2 is 2.04 bits per heavy atom. The maximum absolute atomic E-state index is 12.0. The van der Waals surface area contributed by atoms with Crippen molar-refractivity contribution in [2.45, 2.75) is 38.3 Å². The molecule has 0 aliphatic carbocycles. The van der Waals surface area contributed by atoms with Crippen LogP contribution >= 0.6 is 24.8 Å². The fraction of sp³-hybridized carbons (Fsp3) is 0.688. The van der Waals surface area contributed by atoms with Gasteiger partial charge in [0.05, 0.1) is 18.6 Å². The van der Waals surface area contributed by atoms with Gasteiger partial charge in [-0.25, -0.2) is 0 Å². The molecule has 24 heavy (non-hydrogen) atoms. The Balaban J connectivity index is 0.00000264. The van der Waals surface area contributed by atoms with Crippen molar-refractivity contribution in [2.75, 3.05) is 33.3 Å². The van der Waals surface area contributed by atoms with Gasteiger partial charge in [0.1, 0.15) is 11.5 Å². The van der Waals surface area contributed by atoms with E-state index in [0.717, 1.165) is 24.6 Å². The van der Waals surface area contributed by atoms with Gasteiger partial charge >= 0.3 is 0 Å². The number of nitrogens with two attached hydrogens (primary N) is 1. The van der Waals surface area contributed by atoms with Crippen LogP contribution in [-0.4, -0.2) is 50.2 Å². The summed E-state index contributed by atoms with van der Waals surface area (Å²) in [4.78, 5) is 14.4. The monoisotopic (exact) mass is 381 g/mol. The number of aryl methyl sites for hydroxylation is 1. The Labute approximate surface area is 156 Å². The van der Waals surface area contributed by atoms with Crippen LogP contribution in [-0.2, 0) is 9.53 Å². The van der Waals surface area contributed by atoms with E-state index in [1.54, 1.807) is 7.11 Å². The quantitative estimate of drug-likeness (QED) is 0.719. The highest BCUT2D eigenvalue weighted by Crippen LogP contribution is 2.26. The molecule has 0 spiro atoms. The first-order valence-electron chi connectivity index (χ1n) is 7.94. The number of halogens is 2. The highest BCUT2D eigenvalue weighted by atomic mass is 35.5. The van der Waals surface area contributed by atoms with Crippen LogP contribution < -0.4 is 11.1 Å². The Bertz CT molecular complexity index is 475. The second-order valence-electron chi connectivity index (χ2n) is 5.81. The minimum atomic E-state index is -0.226. The molecule has 8 heteroatoms. The lowest BCUT2D eigenvalue weighted by Gasteiger charge is -2.26. The average Bonchev–Trinajstić information content (AvgIpc) is 3.17. The van der Waals surface area contributed by atoms with Crippen molar-refractivity contribution < 1.29 is 13.9 Å². The number of carbonyl (C=O) groups is 1. The van der Waals surface area contributed by atoms with E-state index in [1.165, 1.54) is 12.8 Å². The number of likely N-dealkylation sites (tertiary alicyclic amines) is 1. The number of hydrogen-bond acceptors (Lipinski definition) is 5. The standard InChI is InChI=1S/C16H27N3O3.2ClH/c1-12-5-6-15(22-12)14(19-7-3-4-8-19)11-18-16(20)9-13(10-17)21-2;;/h5-6,13-14H,3-4,7-11,17H2,1-2H3,(H,18,20);2*1H. The van der Waals surface area contributed by atoms with Crippen LogP contribution in [0, 0.1) is 6.92 Å². The number of nitrogens with one attached hydrogen (secondary N) is 1. The molecule has 1 saturated heterocycles. The van der Waals surface area contributed by atoms with Crippen molar-refractivity contribution in [2.24, 2.45) is 5.73 Å². The molecule has 0 saturated carbocycles. The number of nitrogens with zero attached hydrogens (tertiary/aromatic N) is 1. The molecule has 1 aromatic rings. The molecule has 2 rings (SSSR count). The number of hydrogen-bond donors (Lipinski definition) is 2. The maximum Gasteiger partial charge on any atom is 0.222 e. The van der Waals surface area contributed by atoms with Crippen molar-refractivity contribution in [3.63, 3.8) is 0 Å². The number of furan rings is 1. The second kappa shape index (κ2) is 11.7. The van der Waals surface area contributed by atoms with Gasteiger partial charge in [0.15, 0.2) is 0 Å².